The molecule has 8 nitrogen and oxygen atoms in total. The molecule has 0 bridgehead atoms. The number of likely N-dealkylation sites (tertiary alicyclic amines) is 1. The summed E-state index contributed by atoms with van der Waals surface area (Å²) in [7, 11) is 0. The zero-order chi connectivity index (χ0) is 24.0. The number of amides is 1. The summed E-state index contributed by atoms with van der Waals surface area (Å²) in [5.74, 6) is 0.636. The number of pyridine rings is 1. The number of nitrogen functional groups attached to an aromatic ring is 1. The van der Waals surface area contributed by atoms with Crippen LogP contribution in [0.2, 0.25) is 0 Å². The molecule has 4 heterocycles. The summed E-state index contributed by atoms with van der Waals surface area (Å²) >= 11 is 0. The Kier molecular flexibility index (Phi) is 5.34. The largest absolute Gasteiger partial charge is 0.419 e. The molecule has 11 heteroatoms. The second-order valence-electron chi connectivity index (χ2n) is 8.58. The molecule has 0 atom stereocenters. The zero-order valence-electron chi connectivity index (χ0n) is 18.4. The van der Waals surface area contributed by atoms with Gasteiger partial charge < -0.3 is 10.6 Å². The molecule has 1 fully saturated rings. The number of fused-ring (bicyclic) bond motifs is 3. The van der Waals surface area contributed by atoms with Crippen LogP contribution >= 0.6 is 0 Å². The number of anilines is 1. The summed E-state index contributed by atoms with van der Waals surface area (Å²) in [6, 6.07) is 6.24. The van der Waals surface area contributed by atoms with Gasteiger partial charge in [-0.1, -0.05) is 6.07 Å². The van der Waals surface area contributed by atoms with Gasteiger partial charge in [-0.25, -0.2) is 4.98 Å². The number of piperidine rings is 1. The van der Waals surface area contributed by atoms with Crippen LogP contribution in [0.3, 0.4) is 0 Å². The van der Waals surface area contributed by atoms with Gasteiger partial charge >= 0.3 is 6.18 Å². The van der Waals surface area contributed by atoms with Crippen LogP contribution in [0, 0.1) is 5.92 Å². The predicted octanol–water partition coefficient (Wildman–Crippen LogP) is 3.74. The highest BCUT2D eigenvalue weighted by atomic mass is 19.4. The normalized spacial score (nSPS) is 15.4. The Bertz CT molecular complexity index is 1390. The van der Waals surface area contributed by atoms with Gasteiger partial charge in [-0.05, 0) is 42.5 Å². The van der Waals surface area contributed by atoms with E-state index in [1.165, 1.54) is 6.20 Å². The molecule has 3 aromatic heterocycles. The number of aromatic nitrogens is 5. The van der Waals surface area contributed by atoms with E-state index in [2.05, 4.69) is 20.2 Å². The fourth-order valence-corrected chi connectivity index (χ4v) is 4.50. The van der Waals surface area contributed by atoms with Crippen LogP contribution in [-0.4, -0.2) is 48.5 Å². The molecular formula is C23H22F3N7O. The predicted molar refractivity (Wildman–Crippen MR) is 120 cm³/mol. The van der Waals surface area contributed by atoms with Crippen molar-refractivity contribution in [2.75, 3.05) is 18.8 Å². The Labute approximate surface area is 192 Å². The molecule has 1 aliphatic rings. The molecule has 5 rings (SSSR count). The quantitative estimate of drug-likeness (QED) is 0.490. The van der Waals surface area contributed by atoms with Gasteiger partial charge in [0.05, 0.1) is 22.8 Å². The van der Waals surface area contributed by atoms with E-state index in [-0.39, 0.29) is 5.91 Å². The maximum atomic E-state index is 13.3. The van der Waals surface area contributed by atoms with Crippen LogP contribution in [0.5, 0.6) is 0 Å². The summed E-state index contributed by atoms with van der Waals surface area (Å²) in [5, 5.41) is 8.62. The molecule has 0 saturated carbocycles. The first-order valence-electron chi connectivity index (χ1n) is 10.9. The van der Waals surface area contributed by atoms with Gasteiger partial charge in [-0.2, -0.15) is 13.2 Å². The monoisotopic (exact) mass is 469 g/mol. The van der Waals surface area contributed by atoms with Crippen molar-refractivity contribution in [2.45, 2.75) is 32.4 Å². The summed E-state index contributed by atoms with van der Waals surface area (Å²) in [4.78, 5) is 21.6. The number of nitrogens with zero attached hydrogens (tertiary/aromatic N) is 6. The average molecular weight is 469 g/mol. The summed E-state index contributed by atoms with van der Waals surface area (Å²) in [5.41, 5.74) is 7.26. The van der Waals surface area contributed by atoms with E-state index >= 15 is 0 Å². The fourth-order valence-electron chi connectivity index (χ4n) is 4.50. The minimum atomic E-state index is -4.60. The van der Waals surface area contributed by atoms with Crippen LogP contribution in [-0.2, 0) is 17.4 Å². The second-order valence-corrected chi connectivity index (χ2v) is 8.58. The van der Waals surface area contributed by atoms with E-state index in [1.54, 1.807) is 31.3 Å². The summed E-state index contributed by atoms with van der Waals surface area (Å²) < 4.78 is 41.9. The molecule has 4 aromatic rings. The van der Waals surface area contributed by atoms with Crippen molar-refractivity contribution in [3.05, 3.63) is 48.0 Å². The summed E-state index contributed by atoms with van der Waals surface area (Å²) in [6.07, 6.45) is 0.787. The van der Waals surface area contributed by atoms with E-state index in [9.17, 15) is 18.0 Å². The van der Waals surface area contributed by atoms with Crippen molar-refractivity contribution < 1.29 is 18.0 Å². The molecule has 176 valence electrons. The molecule has 0 aliphatic carbocycles. The minimum Gasteiger partial charge on any atom is -0.383 e. The Morgan fingerprint density at radius 3 is 2.56 bits per heavy atom. The van der Waals surface area contributed by atoms with Crippen LogP contribution < -0.4 is 5.73 Å². The SMILES string of the molecule is CC(=O)N1CCC(Cc2nnc3cnc4ccc(-c5cnc(N)c(C(F)(F)F)c5)cc4n23)CC1. The Balaban J connectivity index is 1.53. The van der Waals surface area contributed by atoms with Gasteiger partial charge in [-0.3, -0.25) is 14.2 Å². The molecule has 0 spiro atoms. The first-order chi connectivity index (χ1) is 16.2. The standard InChI is InChI=1S/C23H22F3N7O/c1-13(34)32-6-4-14(5-7-32)8-20-30-31-21-12-28-18-3-2-15(10-19(18)33(20)21)16-9-17(23(24,25)26)22(27)29-11-16/h2-3,9-12,14H,4-8H2,1H3,(H2,27,29). The van der Waals surface area contributed by atoms with Crippen molar-refractivity contribution in [2.24, 2.45) is 5.92 Å². The highest BCUT2D eigenvalue weighted by Crippen LogP contribution is 2.35. The van der Waals surface area contributed by atoms with Crippen molar-refractivity contribution in [1.82, 2.24) is 29.5 Å². The van der Waals surface area contributed by atoms with Crippen LogP contribution in [0.15, 0.2) is 36.7 Å². The maximum absolute atomic E-state index is 13.3. The number of carbonyl (C=O) groups excluding carboxylic acids is 1. The van der Waals surface area contributed by atoms with Gasteiger partial charge in [0.2, 0.25) is 5.91 Å². The molecular weight excluding hydrogens is 447 g/mol. The highest BCUT2D eigenvalue weighted by molar-refractivity contribution is 5.83. The lowest BCUT2D eigenvalue weighted by molar-refractivity contribution is -0.137. The molecule has 0 radical (unpaired) electrons. The number of benzene rings is 1. The van der Waals surface area contributed by atoms with Gasteiger partial charge in [0.1, 0.15) is 11.6 Å². The van der Waals surface area contributed by atoms with E-state index in [4.69, 9.17) is 5.73 Å². The fraction of sp³-hybridized carbons (Fsp3) is 0.348. The third-order valence-corrected chi connectivity index (χ3v) is 6.38. The molecule has 34 heavy (non-hydrogen) atoms. The number of carbonyl (C=O) groups is 1. The van der Waals surface area contributed by atoms with Crippen LogP contribution in [0.25, 0.3) is 27.8 Å². The summed E-state index contributed by atoms with van der Waals surface area (Å²) in [6.45, 7) is 3.01. The second kappa shape index (κ2) is 8.23. The lowest BCUT2D eigenvalue weighted by atomic mass is 9.93. The lowest BCUT2D eigenvalue weighted by Gasteiger charge is -2.30. The van der Waals surface area contributed by atoms with E-state index in [0.717, 1.165) is 37.8 Å². The van der Waals surface area contributed by atoms with Gasteiger partial charge in [-0.15, -0.1) is 10.2 Å². The third kappa shape index (κ3) is 4.02. The molecule has 2 N–H and O–H groups in total. The maximum Gasteiger partial charge on any atom is 0.419 e. The number of hydrogen-bond acceptors (Lipinski definition) is 6. The lowest BCUT2D eigenvalue weighted by Crippen LogP contribution is -2.37. The first kappa shape index (κ1) is 22.1. The highest BCUT2D eigenvalue weighted by Gasteiger charge is 2.34. The van der Waals surface area contributed by atoms with E-state index in [0.29, 0.717) is 40.1 Å². The van der Waals surface area contributed by atoms with Crippen molar-refractivity contribution >= 4 is 28.4 Å². The average Bonchev–Trinajstić information content (AvgIpc) is 3.22. The Morgan fingerprint density at radius 2 is 1.85 bits per heavy atom. The van der Waals surface area contributed by atoms with Crippen LogP contribution in [0.4, 0.5) is 19.0 Å². The van der Waals surface area contributed by atoms with E-state index < -0.39 is 17.6 Å². The number of rotatable bonds is 3. The number of halogens is 3. The number of nitrogens with two attached hydrogens (primary N) is 1. The number of hydrogen-bond donors (Lipinski definition) is 1. The number of alkyl halides is 3. The first-order valence-corrected chi connectivity index (χ1v) is 10.9. The molecule has 1 aliphatic heterocycles. The van der Waals surface area contributed by atoms with Gasteiger partial charge in [0, 0.05) is 38.2 Å². The van der Waals surface area contributed by atoms with Crippen molar-refractivity contribution in [1.29, 1.82) is 0 Å². The Morgan fingerprint density at radius 1 is 1.09 bits per heavy atom. The van der Waals surface area contributed by atoms with Crippen LogP contribution in [0.1, 0.15) is 31.2 Å². The van der Waals surface area contributed by atoms with Crippen molar-refractivity contribution in [3.8, 4) is 11.1 Å². The van der Waals surface area contributed by atoms with Crippen molar-refractivity contribution in [3.63, 3.8) is 0 Å². The third-order valence-electron chi connectivity index (χ3n) is 6.38. The molecule has 1 aromatic carbocycles. The topological polar surface area (TPSA) is 102 Å². The Hall–Kier alpha value is -3.76. The van der Waals surface area contributed by atoms with E-state index in [1.807, 2.05) is 9.30 Å². The minimum absolute atomic E-state index is 0.0850. The zero-order valence-corrected chi connectivity index (χ0v) is 18.4. The molecule has 1 amide bonds. The molecule has 1 saturated heterocycles. The van der Waals surface area contributed by atoms with Gasteiger partial charge in [0.25, 0.3) is 0 Å². The molecule has 0 unspecified atom stereocenters. The van der Waals surface area contributed by atoms with Gasteiger partial charge in [0.15, 0.2) is 5.65 Å². The smallest absolute Gasteiger partial charge is 0.383 e.